The van der Waals surface area contributed by atoms with Crippen LogP contribution in [0.15, 0.2) is 46.9 Å². The Hall–Kier alpha value is -0.0700. The standard InChI is InChI=1S/C14H11Br2IO/c1-18-13-6-5-10(8-12(13)15)14(16)9-3-2-4-11(17)7-9/h2-8,14H,1H3. The van der Waals surface area contributed by atoms with Gasteiger partial charge in [-0.3, -0.25) is 0 Å². The molecule has 1 unspecified atom stereocenters. The summed E-state index contributed by atoms with van der Waals surface area (Å²) in [7, 11) is 1.67. The molecule has 0 aliphatic carbocycles. The minimum Gasteiger partial charge on any atom is -0.496 e. The van der Waals surface area contributed by atoms with Crippen molar-refractivity contribution in [2.45, 2.75) is 4.83 Å². The van der Waals surface area contributed by atoms with E-state index in [0.717, 1.165) is 10.2 Å². The number of benzene rings is 2. The molecule has 0 saturated heterocycles. The molecule has 1 nitrogen and oxygen atoms in total. The quantitative estimate of drug-likeness (QED) is 0.413. The molecule has 1 atom stereocenters. The number of methoxy groups -OCH3 is 1. The number of hydrogen-bond acceptors (Lipinski definition) is 1. The molecular weight excluding hydrogens is 471 g/mol. The zero-order valence-electron chi connectivity index (χ0n) is 9.66. The molecule has 2 rings (SSSR count). The molecule has 0 saturated carbocycles. The number of alkyl halides is 1. The average Bonchev–Trinajstić information content (AvgIpc) is 2.37. The highest BCUT2D eigenvalue weighted by Crippen LogP contribution is 2.35. The van der Waals surface area contributed by atoms with Crippen LogP contribution in [0.5, 0.6) is 5.75 Å². The summed E-state index contributed by atoms with van der Waals surface area (Å²) in [5, 5.41) is 0. The Morgan fingerprint density at radius 3 is 2.44 bits per heavy atom. The molecule has 0 aromatic heterocycles. The van der Waals surface area contributed by atoms with Crippen molar-refractivity contribution < 1.29 is 4.74 Å². The van der Waals surface area contributed by atoms with E-state index >= 15 is 0 Å². The maximum absolute atomic E-state index is 5.24. The second-order valence-electron chi connectivity index (χ2n) is 3.81. The summed E-state index contributed by atoms with van der Waals surface area (Å²) in [4.78, 5) is 0.189. The third-order valence-corrected chi connectivity index (χ3v) is 4.96. The molecule has 94 valence electrons. The Morgan fingerprint density at radius 1 is 1.11 bits per heavy atom. The number of rotatable bonds is 3. The van der Waals surface area contributed by atoms with Gasteiger partial charge in [-0.05, 0) is 73.9 Å². The van der Waals surface area contributed by atoms with E-state index in [1.54, 1.807) is 7.11 Å². The Kier molecular flexibility index (Phi) is 5.09. The minimum absolute atomic E-state index is 0.189. The van der Waals surface area contributed by atoms with Gasteiger partial charge in [0, 0.05) is 3.57 Å². The highest BCUT2D eigenvalue weighted by Gasteiger charge is 2.12. The highest BCUT2D eigenvalue weighted by molar-refractivity contribution is 14.1. The molecule has 0 fully saturated rings. The monoisotopic (exact) mass is 480 g/mol. The first-order chi connectivity index (χ1) is 8.61. The predicted octanol–water partition coefficient (Wildman–Crippen LogP) is 5.55. The summed E-state index contributed by atoms with van der Waals surface area (Å²) in [6.45, 7) is 0. The van der Waals surface area contributed by atoms with Crippen molar-refractivity contribution in [2.24, 2.45) is 0 Å². The molecule has 4 heteroatoms. The van der Waals surface area contributed by atoms with Gasteiger partial charge in [0.1, 0.15) is 5.75 Å². The Balaban J connectivity index is 2.34. The van der Waals surface area contributed by atoms with E-state index in [4.69, 9.17) is 4.74 Å². The van der Waals surface area contributed by atoms with E-state index < -0.39 is 0 Å². The third kappa shape index (κ3) is 3.27. The lowest BCUT2D eigenvalue weighted by Gasteiger charge is -2.13. The van der Waals surface area contributed by atoms with Gasteiger partial charge in [0.05, 0.1) is 16.4 Å². The van der Waals surface area contributed by atoms with Crippen LogP contribution in [0.25, 0.3) is 0 Å². The van der Waals surface area contributed by atoms with Crippen LogP contribution in [0, 0.1) is 3.57 Å². The molecule has 2 aromatic carbocycles. The molecule has 18 heavy (non-hydrogen) atoms. The lowest BCUT2D eigenvalue weighted by molar-refractivity contribution is 0.412. The van der Waals surface area contributed by atoms with Crippen molar-refractivity contribution in [2.75, 3.05) is 7.11 Å². The van der Waals surface area contributed by atoms with Gasteiger partial charge in [-0.2, -0.15) is 0 Å². The lowest BCUT2D eigenvalue weighted by atomic mass is 10.0. The molecule has 0 aliphatic heterocycles. The van der Waals surface area contributed by atoms with Gasteiger partial charge in [-0.25, -0.2) is 0 Å². The summed E-state index contributed by atoms with van der Waals surface area (Å²) < 4.78 is 7.45. The normalized spacial score (nSPS) is 12.2. The summed E-state index contributed by atoms with van der Waals surface area (Å²) in [5.74, 6) is 0.848. The Bertz CT molecular complexity index is 557. The second-order valence-corrected chi connectivity index (χ2v) is 6.83. The number of ether oxygens (including phenoxy) is 1. The minimum atomic E-state index is 0.189. The van der Waals surface area contributed by atoms with Crippen molar-refractivity contribution in [3.8, 4) is 5.75 Å². The summed E-state index contributed by atoms with van der Waals surface area (Å²) in [6, 6.07) is 14.6. The van der Waals surface area contributed by atoms with Gasteiger partial charge in [-0.15, -0.1) is 0 Å². The van der Waals surface area contributed by atoms with Gasteiger partial charge in [-0.1, -0.05) is 34.1 Å². The van der Waals surface area contributed by atoms with Crippen LogP contribution in [0.2, 0.25) is 0 Å². The molecule has 2 aromatic rings. The van der Waals surface area contributed by atoms with Gasteiger partial charge in [0.25, 0.3) is 0 Å². The number of halogens is 3. The SMILES string of the molecule is COc1ccc(C(Br)c2cccc(I)c2)cc1Br. The molecular formula is C14H11Br2IO. The fourth-order valence-corrected chi connectivity index (χ4v) is 3.39. The average molecular weight is 482 g/mol. The van der Waals surface area contributed by atoms with Crippen LogP contribution in [-0.2, 0) is 0 Å². The van der Waals surface area contributed by atoms with Crippen LogP contribution >= 0.6 is 54.5 Å². The zero-order chi connectivity index (χ0) is 13.1. The van der Waals surface area contributed by atoms with E-state index in [9.17, 15) is 0 Å². The van der Waals surface area contributed by atoms with E-state index in [0.29, 0.717) is 0 Å². The van der Waals surface area contributed by atoms with Crippen LogP contribution in [0.3, 0.4) is 0 Å². The fraction of sp³-hybridized carbons (Fsp3) is 0.143. The van der Waals surface area contributed by atoms with Gasteiger partial charge < -0.3 is 4.74 Å². The van der Waals surface area contributed by atoms with E-state index in [1.165, 1.54) is 14.7 Å². The Morgan fingerprint density at radius 2 is 1.83 bits per heavy atom. The third-order valence-electron chi connectivity index (χ3n) is 2.61. The molecule has 0 bridgehead atoms. The van der Waals surface area contributed by atoms with Crippen molar-refractivity contribution in [1.82, 2.24) is 0 Å². The summed E-state index contributed by atoms with van der Waals surface area (Å²) in [6.07, 6.45) is 0. The smallest absolute Gasteiger partial charge is 0.133 e. The Labute approximate surface area is 137 Å². The molecule has 0 aliphatic rings. The van der Waals surface area contributed by atoms with Crippen molar-refractivity contribution in [1.29, 1.82) is 0 Å². The molecule has 0 N–H and O–H groups in total. The fourth-order valence-electron chi connectivity index (χ4n) is 1.70. The van der Waals surface area contributed by atoms with Crippen LogP contribution in [0.4, 0.5) is 0 Å². The first kappa shape index (κ1) is 14.3. The molecule has 0 amide bonds. The van der Waals surface area contributed by atoms with Crippen LogP contribution in [-0.4, -0.2) is 7.11 Å². The van der Waals surface area contributed by atoms with E-state index in [-0.39, 0.29) is 4.83 Å². The second kappa shape index (κ2) is 6.39. The molecule has 0 spiro atoms. The topological polar surface area (TPSA) is 9.23 Å². The first-order valence-electron chi connectivity index (χ1n) is 5.35. The highest BCUT2D eigenvalue weighted by atomic mass is 127. The summed E-state index contributed by atoms with van der Waals surface area (Å²) >= 11 is 9.59. The van der Waals surface area contributed by atoms with Gasteiger partial charge in [0.15, 0.2) is 0 Å². The maximum atomic E-state index is 5.24. The summed E-state index contributed by atoms with van der Waals surface area (Å²) in [5.41, 5.74) is 2.45. The van der Waals surface area contributed by atoms with Gasteiger partial charge in [0.2, 0.25) is 0 Å². The van der Waals surface area contributed by atoms with Crippen molar-refractivity contribution in [3.63, 3.8) is 0 Å². The lowest BCUT2D eigenvalue weighted by Crippen LogP contribution is -1.94. The van der Waals surface area contributed by atoms with Crippen molar-refractivity contribution in [3.05, 3.63) is 61.6 Å². The molecule has 0 heterocycles. The zero-order valence-corrected chi connectivity index (χ0v) is 15.0. The number of hydrogen-bond donors (Lipinski definition) is 0. The van der Waals surface area contributed by atoms with E-state index in [2.05, 4.69) is 90.8 Å². The van der Waals surface area contributed by atoms with Gasteiger partial charge >= 0.3 is 0 Å². The predicted molar refractivity (Wildman–Crippen MR) is 90.6 cm³/mol. The first-order valence-corrected chi connectivity index (χ1v) is 8.13. The van der Waals surface area contributed by atoms with Crippen molar-refractivity contribution >= 4 is 54.5 Å². The largest absolute Gasteiger partial charge is 0.496 e. The van der Waals surface area contributed by atoms with Crippen LogP contribution < -0.4 is 4.74 Å². The maximum Gasteiger partial charge on any atom is 0.133 e. The van der Waals surface area contributed by atoms with E-state index in [1.807, 2.05) is 6.07 Å². The van der Waals surface area contributed by atoms with Crippen LogP contribution in [0.1, 0.15) is 16.0 Å². The molecule has 0 radical (unpaired) electrons.